The molecule has 0 saturated heterocycles. The monoisotopic (exact) mass is 558 g/mol. The molecular weight excluding hydrogens is 530 g/mol. The van der Waals surface area contributed by atoms with Crippen molar-refractivity contribution in [3.63, 3.8) is 0 Å². The highest BCUT2D eigenvalue weighted by atomic mass is 19.1. The second kappa shape index (κ2) is 12.5. The van der Waals surface area contributed by atoms with E-state index in [4.69, 9.17) is 0 Å². The Bertz CT molecular complexity index is 1680. The van der Waals surface area contributed by atoms with E-state index in [1.165, 1.54) is 41.9 Å². The molecule has 1 atom stereocenters. The number of pyridine rings is 1. The Kier molecular flexibility index (Phi) is 8.84. The summed E-state index contributed by atoms with van der Waals surface area (Å²) in [5.41, 5.74) is 1.23. The van der Waals surface area contributed by atoms with Crippen LogP contribution in [0.15, 0.2) is 83.7 Å². The van der Waals surface area contributed by atoms with E-state index in [2.05, 4.69) is 16.0 Å². The zero-order chi connectivity index (χ0) is 29.7. The lowest BCUT2D eigenvalue weighted by molar-refractivity contribution is -0.117. The average molecular weight is 559 g/mol. The third kappa shape index (κ3) is 6.62. The molecule has 3 N–H and O–H groups in total. The topological polar surface area (TPSA) is 109 Å². The highest BCUT2D eigenvalue weighted by Gasteiger charge is 2.18. The molecule has 210 valence electrons. The Hall–Kier alpha value is -4.96. The quantitative estimate of drug-likeness (QED) is 0.269. The fraction of sp³-hybridized carbons (Fsp3) is 0.161. The number of benzene rings is 3. The molecule has 0 unspecified atom stereocenters. The van der Waals surface area contributed by atoms with Crippen LogP contribution in [0.2, 0.25) is 0 Å². The standard InChI is InChI=1S/C31H28F2N4O4/c1-18(34-2)29(39)36-26-11-12-27(21-5-4-6-22(15-21)30(40)35-3)37(31(26)41)17-19-13-23(16-25(33)14-19)28(38)20-7-9-24(32)10-8-20/h4-16,18,34H,17H2,1-3H3,(H,35,40)(H,36,39)/t18-/m0/s1. The van der Waals surface area contributed by atoms with Gasteiger partial charge >= 0.3 is 0 Å². The fourth-order valence-electron chi connectivity index (χ4n) is 4.24. The second-order valence-corrected chi connectivity index (χ2v) is 9.37. The minimum Gasteiger partial charge on any atom is -0.355 e. The van der Waals surface area contributed by atoms with E-state index in [1.54, 1.807) is 44.3 Å². The van der Waals surface area contributed by atoms with Gasteiger partial charge in [-0.15, -0.1) is 0 Å². The van der Waals surface area contributed by atoms with Crippen molar-refractivity contribution in [1.82, 2.24) is 15.2 Å². The van der Waals surface area contributed by atoms with Crippen LogP contribution in [0.25, 0.3) is 11.3 Å². The molecule has 3 aromatic carbocycles. The number of anilines is 1. The zero-order valence-corrected chi connectivity index (χ0v) is 22.6. The van der Waals surface area contributed by atoms with Crippen LogP contribution in [0.1, 0.15) is 38.8 Å². The van der Waals surface area contributed by atoms with Gasteiger partial charge in [0.05, 0.1) is 18.3 Å². The van der Waals surface area contributed by atoms with Gasteiger partial charge < -0.3 is 20.5 Å². The summed E-state index contributed by atoms with van der Waals surface area (Å²) >= 11 is 0. The lowest BCUT2D eigenvalue weighted by Gasteiger charge is -2.17. The largest absolute Gasteiger partial charge is 0.355 e. The maximum atomic E-state index is 14.7. The molecule has 0 aliphatic heterocycles. The molecule has 1 aromatic heterocycles. The number of aromatic nitrogens is 1. The van der Waals surface area contributed by atoms with E-state index >= 15 is 0 Å². The van der Waals surface area contributed by atoms with Crippen molar-refractivity contribution < 1.29 is 23.2 Å². The Labute approximate surface area is 235 Å². The van der Waals surface area contributed by atoms with Crippen LogP contribution in [0, 0.1) is 11.6 Å². The molecule has 0 aliphatic carbocycles. The minimum absolute atomic E-state index is 0.00215. The number of halogens is 2. The first-order chi connectivity index (χ1) is 19.6. The highest BCUT2D eigenvalue weighted by Crippen LogP contribution is 2.23. The van der Waals surface area contributed by atoms with Gasteiger partial charge in [0.15, 0.2) is 5.78 Å². The molecule has 0 bridgehead atoms. The van der Waals surface area contributed by atoms with Crippen molar-refractivity contribution in [2.75, 3.05) is 19.4 Å². The van der Waals surface area contributed by atoms with Crippen LogP contribution in [0.3, 0.4) is 0 Å². The Morgan fingerprint density at radius 2 is 1.56 bits per heavy atom. The summed E-state index contributed by atoms with van der Waals surface area (Å²) < 4.78 is 29.4. The first kappa shape index (κ1) is 29.0. The van der Waals surface area contributed by atoms with Gasteiger partial charge in [-0.3, -0.25) is 19.2 Å². The van der Waals surface area contributed by atoms with Gasteiger partial charge in [0, 0.05) is 23.7 Å². The Morgan fingerprint density at radius 1 is 0.829 bits per heavy atom. The molecule has 0 aliphatic rings. The van der Waals surface area contributed by atoms with Crippen molar-refractivity contribution in [1.29, 1.82) is 0 Å². The minimum atomic E-state index is -0.698. The summed E-state index contributed by atoms with van der Waals surface area (Å²) in [6.07, 6.45) is 0. The van der Waals surface area contributed by atoms with Crippen LogP contribution < -0.4 is 21.5 Å². The number of hydrogen-bond donors (Lipinski definition) is 3. The van der Waals surface area contributed by atoms with E-state index < -0.39 is 34.9 Å². The first-order valence-electron chi connectivity index (χ1n) is 12.8. The lowest BCUT2D eigenvalue weighted by atomic mass is 10.0. The van der Waals surface area contributed by atoms with Gasteiger partial charge in [0.1, 0.15) is 17.3 Å². The summed E-state index contributed by atoms with van der Waals surface area (Å²) in [6, 6.07) is 17.8. The third-order valence-corrected chi connectivity index (χ3v) is 6.57. The number of nitrogens with one attached hydrogen (secondary N) is 3. The van der Waals surface area contributed by atoms with E-state index in [9.17, 15) is 28.0 Å². The van der Waals surface area contributed by atoms with E-state index in [0.29, 0.717) is 22.4 Å². The molecule has 8 nitrogen and oxygen atoms in total. The van der Waals surface area contributed by atoms with Crippen LogP contribution in [0.5, 0.6) is 0 Å². The second-order valence-electron chi connectivity index (χ2n) is 9.37. The summed E-state index contributed by atoms with van der Waals surface area (Å²) in [6.45, 7) is 1.48. The Morgan fingerprint density at radius 3 is 2.24 bits per heavy atom. The van der Waals surface area contributed by atoms with Crippen LogP contribution in [-0.4, -0.2) is 42.3 Å². The molecular formula is C31H28F2N4O4. The summed E-state index contributed by atoms with van der Waals surface area (Å²) in [5.74, 6) is -2.47. The Balaban J connectivity index is 1.81. The normalized spacial score (nSPS) is 11.5. The van der Waals surface area contributed by atoms with Crippen molar-refractivity contribution in [2.45, 2.75) is 19.5 Å². The van der Waals surface area contributed by atoms with Crippen LogP contribution >= 0.6 is 0 Å². The van der Waals surface area contributed by atoms with Gasteiger partial charge in [-0.2, -0.15) is 0 Å². The van der Waals surface area contributed by atoms with Crippen molar-refractivity contribution in [3.05, 3.63) is 123 Å². The molecule has 0 spiro atoms. The first-order valence-corrected chi connectivity index (χ1v) is 12.8. The predicted molar refractivity (Wildman–Crippen MR) is 152 cm³/mol. The number of hydrogen-bond acceptors (Lipinski definition) is 5. The van der Waals surface area contributed by atoms with E-state index in [0.717, 1.165) is 18.2 Å². The maximum Gasteiger partial charge on any atom is 0.275 e. The highest BCUT2D eigenvalue weighted by molar-refractivity contribution is 6.09. The number of ketones is 1. The molecule has 0 saturated carbocycles. The summed E-state index contributed by atoms with van der Waals surface area (Å²) in [4.78, 5) is 51.5. The van der Waals surface area contributed by atoms with E-state index in [-0.39, 0.29) is 29.3 Å². The number of rotatable bonds is 9. The molecule has 0 fully saturated rings. The van der Waals surface area contributed by atoms with E-state index in [1.807, 2.05) is 0 Å². The number of amides is 2. The fourth-order valence-corrected chi connectivity index (χ4v) is 4.24. The predicted octanol–water partition coefficient (Wildman–Crippen LogP) is 3.98. The molecule has 0 radical (unpaired) electrons. The summed E-state index contributed by atoms with van der Waals surface area (Å²) in [5, 5.41) is 7.98. The van der Waals surface area contributed by atoms with Gasteiger partial charge in [0.2, 0.25) is 5.91 Å². The van der Waals surface area contributed by atoms with Crippen molar-refractivity contribution in [2.24, 2.45) is 0 Å². The van der Waals surface area contributed by atoms with Crippen LogP contribution in [-0.2, 0) is 11.3 Å². The van der Waals surface area contributed by atoms with Crippen molar-refractivity contribution in [3.8, 4) is 11.3 Å². The molecule has 4 rings (SSSR count). The number of nitrogens with zero attached hydrogens (tertiary/aromatic N) is 1. The van der Waals surface area contributed by atoms with Gasteiger partial charge in [-0.05, 0) is 91.8 Å². The number of likely N-dealkylation sites (N-methyl/N-ethyl adjacent to an activating group) is 1. The van der Waals surface area contributed by atoms with Gasteiger partial charge in [-0.25, -0.2) is 8.78 Å². The molecule has 2 amide bonds. The molecule has 4 aromatic rings. The SMILES string of the molecule is CNC(=O)c1cccc(-c2ccc(NC(=O)[C@H](C)NC)c(=O)n2Cc2cc(F)cc(C(=O)c3ccc(F)cc3)c2)c1. The van der Waals surface area contributed by atoms with Gasteiger partial charge in [0.25, 0.3) is 11.5 Å². The third-order valence-electron chi connectivity index (χ3n) is 6.57. The average Bonchev–Trinajstić information content (AvgIpc) is 2.98. The molecule has 10 heteroatoms. The lowest BCUT2D eigenvalue weighted by Crippen LogP contribution is -2.37. The summed E-state index contributed by atoms with van der Waals surface area (Å²) in [7, 11) is 3.11. The molecule has 1 heterocycles. The maximum absolute atomic E-state index is 14.7. The van der Waals surface area contributed by atoms with Crippen molar-refractivity contribution >= 4 is 23.3 Å². The number of carbonyl (C=O) groups is 3. The van der Waals surface area contributed by atoms with Crippen LogP contribution in [0.4, 0.5) is 14.5 Å². The van der Waals surface area contributed by atoms with Gasteiger partial charge in [-0.1, -0.05) is 12.1 Å². The smallest absolute Gasteiger partial charge is 0.275 e. The zero-order valence-electron chi connectivity index (χ0n) is 22.6. The number of carbonyl (C=O) groups excluding carboxylic acids is 3. The molecule has 41 heavy (non-hydrogen) atoms.